The summed E-state index contributed by atoms with van der Waals surface area (Å²) in [6.07, 6.45) is 3.88. The molecule has 1 saturated heterocycles. The van der Waals surface area contributed by atoms with Crippen molar-refractivity contribution in [3.63, 3.8) is 0 Å². The van der Waals surface area contributed by atoms with Gasteiger partial charge >= 0.3 is 0 Å². The summed E-state index contributed by atoms with van der Waals surface area (Å²) in [4.78, 5) is 11.7. The van der Waals surface area contributed by atoms with E-state index in [0.29, 0.717) is 5.71 Å². The molecule has 1 fully saturated rings. The molecule has 4 heteroatoms. The number of hydrogen-bond donors (Lipinski definition) is 0. The number of aromatic nitrogens is 2. The van der Waals surface area contributed by atoms with Gasteiger partial charge in [-0.05, 0) is 44.5 Å². The summed E-state index contributed by atoms with van der Waals surface area (Å²) in [5, 5.41) is 0. The van der Waals surface area contributed by atoms with Gasteiger partial charge in [0.2, 0.25) is 11.6 Å². The lowest BCUT2D eigenvalue weighted by molar-refractivity contribution is 0.203. The van der Waals surface area contributed by atoms with Crippen molar-refractivity contribution in [3.05, 3.63) is 48.0 Å². The minimum atomic E-state index is 0.649. The van der Waals surface area contributed by atoms with Crippen molar-refractivity contribution in [3.8, 4) is 11.1 Å². The van der Waals surface area contributed by atoms with E-state index < -0.39 is 0 Å². The molecule has 0 radical (unpaired) electrons. The fourth-order valence-corrected chi connectivity index (χ4v) is 3.29. The molecule has 0 saturated carbocycles. The number of pyridine rings is 1. The Hall–Kier alpha value is -2.20. The molecular weight excluding hydrogens is 286 g/mol. The molecule has 3 aromatic rings. The maximum absolute atomic E-state index is 5.95. The fourth-order valence-electron chi connectivity index (χ4n) is 3.29. The first-order chi connectivity index (χ1) is 11.3. The number of nitrogens with zero attached hydrogens (tertiary/aromatic N) is 3. The quantitative estimate of drug-likeness (QED) is 0.728. The van der Waals surface area contributed by atoms with Gasteiger partial charge in [0.25, 0.3) is 0 Å². The first-order valence-corrected chi connectivity index (χ1v) is 8.34. The Morgan fingerprint density at radius 1 is 1.04 bits per heavy atom. The second kappa shape index (κ2) is 6.13. The van der Waals surface area contributed by atoms with Gasteiger partial charge in [-0.2, -0.15) is 0 Å². The molecule has 0 bridgehead atoms. The van der Waals surface area contributed by atoms with Crippen LogP contribution in [0, 0.1) is 6.92 Å². The van der Waals surface area contributed by atoms with E-state index in [1.54, 1.807) is 0 Å². The Labute approximate surface area is 136 Å². The SMILES string of the molecule is Cc1cc(-c2ccccc2)c2nc(CN3CCCCC3)oc2n1. The van der Waals surface area contributed by atoms with Gasteiger partial charge in [-0.15, -0.1) is 0 Å². The molecule has 0 unspecified atom stereocenters. The van der Waals surface area contributed by atoms with E-state index in [-0.39, 0.29) is 0 Å². The Kier molecular flexibility index (Phi) is 3.83. The largest absolute Gasteiger partial charge is 0.421 e. The zero-order chi connectivity index (χ0) is 15.6. The summed E-state index contributed by atoms with van der Waals surface area (Å²) < 4.78 is 5.95. The van der Waals surface area contributed by atoms with Gasteiger partial charge in [-0.25, -0.2) is 9.97 Å². The topological polar surface area (TPSA) is 42.2 Å². The molecule has 118 valence electrons. The zero-order valence-corrected chi connectivity index (χ0v) is 13.5. The third kappa shape index (κ3) is 2.99. The molecule has 2 aromatic heterocycles. The van der Waals surface area contributed by atoms with Crippen LogP contribution in [0.1, 0.15) is 30.8 Å². The Balaban J connectivity index is 1.73. The van der Waals surface area contributed by atoms with Crippen LogP contribution in [0.5, 0.6) is 0 Å². The van der Waals surface area contributed by atoms with Crippen molar-refractivity contribution in [1.29, 1.82) is 0 Å². The monoisotopic (exact) mass is 307 g/mol. The summed E-state index contributed by atoms with van der Waals surface area (Å²) in [7, 11) is 0. The summed E-state index contributed by atoms with van der Waals surface area (Å²) >= 11 is 0. The number of likely N-dealkylation sites (tertiary alicyclic amines) is 1. The minimum absolute atomic E-state index is 0.649. The Morgan fingerprint density at radius 2 is 1.83 bits per heavy atom. The lowest BCUT2D eigenvalue weighted by Gasteiger charge is -2.24. The van der Waals surface area contributed by atoms with Gasteiger partial charge in [-0.3, -0.25) is 4.90 Å². The Bertz CT molecular complexity index is 804. The summed E-state index contributed by atoms with van der Waals surface area (Å²) in [5.74, 6) is 0.775. The highest BCUT2D eigenvalue weighted by Gasteiger charge is 2.17. The maximum Gasteiger partial charge on any atom is 0.247 e. The normalized spacial score (nSPS) is 16.0. The van der Waals surface area contributed by atoms with E-state index in [1.807, 2.05) is 25.1 Å². The molecule has 0 amide bonds. The van der Waals surface area contributed by atoms with Crippen molar-refractivity contribution in [2.75, 3.05) is 13.1 Å². The van der Waals surface area contributed by atoms with Crippen LogP contribution in [0.4, 0.5) is 0 Å². The van der Waals surface area contributed by atoms with Crippen LogP contribution < -0.4 is 0 Å². The number of rotatable bonds is 3. The van der Waals surface area contributed by atoms with Crippen molar-refractivity contribution in [2.45, 2.75) is 32.7 Å². The number of benzene rings is 1. The van der Waals surface area contributed by atoms with Crippen molar-refractivity contribution in [2.24, 2.45) is 0 Å². The summed E-state index contributed by atoms with van der Waals surface area (Å²) in [6, 6.07) is 12.4. The molecule has 4 rings (SSSR count). The van der Waals surface area contributed by atoms with Gasteiger partial charge in [0.05, 0.1) is 6.54 Å². The lowest BCUT2D eigenvalue weighted by atomic mass is 10.1. The fraction of sp³-hybridized carbons (Fsp3) is 0.368. The molecule has 0 spiro atoms. The van der Waals surface area contributed by atoms with Gasteiger partial charge < -0.3 is 4.42 Å². The molecule has 1 aliphatic rings. The van der Waals surface area contributed by atoms with Gasteiger partial charge in [-0.1, -0.05) is 36.8 Å². The second-order valence-corrected chi connectivity index (χ2v) is 6.28. The van der Waals surface area contributed by atoms with E-state index in [1.165, 1.54) is 19.3 Å². The van der Waals surface area contributed by atoms with Crippen LogP contribution in [0.25, 0.3) is 22.4 Å². The maximum atomic E-state index is 5.95. The molecular formula is C19H21N3O. The van der Waals surface area contributed by atoms with E-state index in [9.17, 15) is 0 Å². The summed E-state index contributed by atoms with van der Waals surface area (Å²) in [5.41, 5.74) is 4.73. The highest BCUT2D eigenvalue weighted by atomic mass is 16.4. The van der Waals surface area contributed by atoms with Crippen molar-refractivity contribution in [1.82, 2.24) is 14.9 Å². The van der Waals surface area contributed by atoms with Gasteiger partial charge in [0, 0.05) is 11.3 Å². The molecule has 3 heterocycles. The van der Waals surface area contributed by atoms with Crippen LogP contribution >= 0.6 is 0 Å². The Morgan fingerprint density at radius 3 is 2.61 bits per heavy atom. The third-order valence-electron chi connectivity index (χ3n) is 4.43. The first-order valence-electron chi connectivity index (χ1n) is 8.34. The molecule has 1 aromatic carbocycles. The zero-order valence-electron chi connectivity index (χ0n) is 13.5. The molecule has 23 heavy (non-hydrogen) atoms. The number of piperidine rings is 1. The predicted molar refractivity (Wildman–Crippen MR) is 91.1 cm³/mol. The van der Waals surface area contributed by atoms with Crippen LogP contribution in [-0.4, -0.2) is 28.0 Å². The van der Waals surface area contributed by atoms with Crippen LogP contribution in [-0.2, 0) is 6.54 Å². The molecule has 0 atom stereocenters. The van der Waals surface area contributed by atoms with Crippen LogP contribution in [0.3, 0.4) is 0 Å². The van der Waals surface area contributed by atoms with E-state index in [4.69, 9.17) is 9.40 Å². The average Bonchev–Trinajstić information content (AvgIpc) is 2.98. The van der Waals surface area contributed by atoms with E-state index in [2.05, 4.69) is 28.1 Å². The number of aryl methyl sites for hydroxylation is 1. The smallest absolute Gasteiger partial charge is 0.247 e. The van der Waals surface area contributed by atoms with Crippen LogP contribution in [0.15, 0.2) is 40.8 Å². The second-order valence-electron chi connectivity index (χ2n) is 6.28. The number of oxazole rings is 1. The molecule has 0 N–H and O–H groups in total. The first kappa shape index (κ1) is 14.4. The third-order valence-corrected chi connectivity index (χ3v) is 4.43. The average molecular weight is 307 g/mol. The number of fused-ring (bicyclic) bond motifs is 1. The molecule has 0 aliphatic carbocycles. The van der Waals surface area contributed by atoms with E-state index in [0.717, 1.165) is 47.9 Å². The molecule has 1 aliphatic heterocycles. The standard InChI is InChI=1S/C19H21N3O/c1-14-12-16(15-8-4-2-5-9-15)18-19(20-14)23-17(21-18)13-22-10-6-3-7-11-22/h2,4-5,8-9,12H,3,6-7,10-11,13H2,1H3. The number of hydrogen-bond acceptors (Lipinski definition) is 4. The van der Waals surface area contributed by atoms with Crippen molar-refractivity contribution >= 4 is 11.2 Å². The highest BCUT2D eigenvalue weighted by Crippen LogP contribution is 2.29. The summed E-state index contributed by atoms with van der Waals surface area (Å²) in [6.45, 7) is 5.05. The highest BCUT2D eigenvalue weighted by molar-refractivity contribution is 5.89. The minimum Gasteiger partial charge on any atom is -0.421 e. The molecule has 4 nitrogen and oxygen atoms in total. The van der Waals surface area contributed by atoms with Gasteiger partial charge in [0.1, 0.15) is 5.52 Å². The van der Waals surface area contributed by atoms with Gasteiger partial charge in [0.15, 0.2) is 0 Å². The van der Waals surface area contributed by atoms with Crippen molar-refractivity contribution < 1.29 is 4.42 Å². The van der Waals surface area contributed by atoms with Crippen LogP contribution in [0.2, 0.25) is 0 Å². The lowest BCUT2D eigenvalue weighted by Crippen LogP contribution is -2.29. The van der Waals surface area contributed by atoms with E-state index >= 15 is 0 Å². The predicted octanol–water partition coefficient (Wildman–Crippen LogP) is 4.18.